The minimum absolute atomic E-state index is 0.0128. The summed E-state index contributed by atoms with van der Waals surface area (Å²) < 4.78 is 5.41. The van der Waals surface area contributed by atoms with Crippen molar-refractivity contribution < 1.29 is 19.1 Å². The number of nitrogens with one attached hydrogen (secondary N) is 4. The van der Waals surface area contributed by atoms with Crippen LogP contribution in [0.15, 0.2) is 85.1 Å². The van der Waals surface area contributed by atoms with E-state index in [-0.39, 0.29) is 30.9 Å². The second kappa shape index (κ2) is 11.9. The number of alkyl carbamates (subject to hydrolysis) is 1. The van der Waals surface area contributed by atoms with Crippen molar-refractivity contribution in [2.24, 2.45) is 0 Å². The second-order valence-corrected chi connectivity index (χ2v) is 8.86. The van der Waals surface area contributed by atoms with Gasteiger partial charge in [0.25, 0.3) is 0 Å². The summed E-state index contributed by atoms with van der Waals surface area (Å²) in [7, 11) is 0. The van der Waals surface area contributed by atoms with E-state index in [1.54, 1.807) is 24.3 Å². The van der Waals surface area contributed by atoms with Crippen molar-refractivity contribution in [3.63, 3.8) is 0 Å². The number of hydrogen-bond acceptors (Lipinski definition) is 4. The van der Waals surface area contributed by atoms with Gasteiger partial charge in [0.15, 0.2) is 0 Å². The summed E-state index contributed by atoms with van der Waals surface area (Å²) >= 11 is 0. The lowest BCUT2D eigenvalue weighted by Crippen LogP contribution is -2.48. The molecule has 0 spiro atoms. The highest BCUT2D eigenvalue weighted by Crippen LogP contribution is 2.20. The molecule has 190 valence electrons. The fourth-order valence-electron chi connectivity index (χ4n) is 4.14. The van der Waals surface area contributed by atoms with Crippen LogP contribution in [-0.4, -0.2) is 28.9 Å². The van der Waals surface area contributed by atoms with E-state index in [2.05, 4.69) is 20.9 Å². The smallest absolute Gasteiger partial charge is 0.408 e. The fraction of sp³-hybridized carbons (Fsp3) is 0.207. The van der Waals surface area contributed by atoms with Crippen molar-refractivity contribution in [2.45, 2.75) is 39.0 Å². The summed E-state index contributed by atoms with van der Waals surface area (Å²) in [5.41, 5.74) is 4.14. The standard InChI is InChI=1S/C29H30N4O4/c1-19(22-10-4-3-5-11-22)31-28(35)27(16-23-17-30-26-14-7-6-13-25(23)26)33-29(36)37-18-21-9-8-12-24(15-21)32-20(2)34/h3-15,17,19,27,30H,16,18H2,1-2H3,(H,31,35)(H,32,34)(H,33,36)/t19-,27+/m0/s1. The predicted molar refractivity (Wildman–Crippen MR) is 143 cm³/mol. The molecule has 4 N–H and O–H groups in total. The van der Waals surface area contributed by atoms with E-state index in [9.17, 15) is 14.4 Å². The highest BCUT2D eigenvalue weighted by atomic mass is 16.5. The Balaban J connectivity index is 1.46. The number of hydrogen-bond donors (Lipinski definition) is 4. The predicted octanol–water partition coefficient (Wildman–Crippen LogP) is 4.84. The van der Waals surface area contributed by atoms with E-state index in [1.165, 1.54) is 6.92 Å². The Kier molecular flexibility index (Phi) is 8.20. The van der Waals surface area contributed by atoms with Gasteiger partial charge in [0.2, 0.25) is 11.8 Å². The molecule has 3 amide bonds. The van der Waals surface area contributed by atoms with Crippen molar-refractivity contribution in [1.82, 2.24) is 15.6 Å². The summed E-state index contributed by atoms with van der Waals surface area (Å²) in [6, 6.07) is 23.4. The summed E-state index contributed by atoms with van der Waals surface area (Å²) in [5, 5.41) is 9.43. The van der Waals surface area contributed by atoms with Crippen LogP contribution >= 0.6 is 0 Å². The summed E-state index contributed by atoms with van der Waals surface area (Å²) in [6.07, 6.45) is 1.42. The van der Waals surface area contributed by atoms with Crippen LogP contribution in [0.25, 0.3) is 10.9 Å². The minimum Gasteiger partial charge on any atom is -0.445 e. The largest absolute Gasteiger partial charge is 0.445 e. The quantitative estimate of drug-likeness (QED) is 0.264. The molecule has 1 aromatic heterocycles. The number of benzene rings is 3. The zero-order chi connectivity index (χ0) is 26.2. The summed E-state index contributed by atoms with van der Waals surface area (Å²) in [6.45, 7) is 3.31. The van der Waals surface area contributed by atoms with Crippen LogP contribution < -0.4 is 16.0 Å². The van der Waals surface area contributed by atoms with E-state index < -0.39 is 12.1 Å². The molecule has 37 heavy (non-hydrogen) atoms. The van der Waals surface area contributed by atoms with E-state index in [0.717, 1.165) is 22.0 Å². The van der Waals surface area contributed by atoms with Crippen LogP contribution in [0.3, 0.4) is 0 Å². The average Bonchev–Trinajstić information content (AvgIpc) is 3.30. The first-order valence-corrected chi connectivity index (χ1v) is 12.1. The molecule has 0 aliphatic heterocycles. The lowest BCUT2D eigenvalue weighted by molar-refractivity contribution is -0.123. The van der Waals surface area contributed by atoms with Crippen LogP contribution in [0.1, 0.15) is 36.6 Å². The average molecular weight is 499 g/mol. The first-order chi connectivity index (χ1) is 17.9. The number of rotatable bonds is 9. The Morgan fingerprint density at radius 1 is 0.919 bits per heavy atom. The topological polar surface area (TPSA) is 112 Å². The van der Waals surface area contributed by atoms with Crippen LogP contribution in [0, 0.1) is 0 Å². The van der Waals surface area contributed by atoms with E-state index >= 15 is 0 Å². The maximum absolute atomic E-state index is 13.3. The highest BCUT2D eigenvalue weighted by molar-refractivity contribution is 5.89. The first kappa shape index (κ1) is 25.5. The van der Waals surface area contributed by atoms with Crippen molar-refractivity contribution in [3.05, 3.63) is 102 Å². The summed E-state index contributed by atoms with van der Waals surface area (Å²) in [4.78, 5) is 40.6. The number of aromatic amines is 1. The van der Waals surface area contributed by atoms with Gasteiger partial charge in [-0.05, 0) is 41.8 Å². The molecule has 4 aromatic rings. The van der Waals surface area contributed by atoms with Crippen molar-refractivity contribution in [3.8, 4) is 0 Å². The zero-order valence-corrected chi connectivity index (χ0v) is 20.8. The highest BCUT2D eigenvalue weighted by Gasteiger charge is 2.25. The molecule has 0 saturated carbocycles. The molecule has 0 unspecified atom stereocenters. The van der Waals surface area contributed by atoms with Crippen molar-refractivity contribution >= 4 is 34.5 Å². The first-order valence-electron chi connectivity index (χ1n) is 12.1. The van der Waals surface area contributed by atoms with Gasteiger partial charge in [-0.2, -0.15) is 0 Å². The number of para-hydroxylation sites is 1. The van der Waals surface area contributed by atoms with Crippen LogP contribution in [0.4, 0.5) is 10.5 Å². The maximum Gasteiger partial charge on any atom is 0.408 e. The van der Waals surface area contributed by atoms with Gasteiger partial charge in [-0.15, -0.1) is 0 Å². The molecule has 2 atom stereocenters. The number of carbonyl (C=O) groups excluding carboxylic acids is 3. The SMILES string of the molecule is CC(=O)Nc1cccc(COC(=O)N[C@H](Cc2c[nH]c3ccccc23)C(=O)N[C@@H](C)c2ccccc2)c1. The van der Waals surface area contributed by atoms with Gasteiger partial charge in [0.05, 0.1) is 6.04 Å². The fourth-order valence-corrected chi connectivity index (χ4v) is 4.14. The molecule has 0 saturated heterocycles. The lowest BCUT2D eigenvalue weighted by Gasteiger charge is -2.21. The summed E-state index contributed by atoms with van der Waals surface area (Å²) in [5.74, 6) is -0.502. The molecule has 0 aliphatic carbocycles. The Labute approximate surface area is 215 Å². The third-order valence-electron chi connectivity index (χ3n) is 5.98. The van der Waals surface area contributed by atoms with E-state index in [0.29, 0.717) is 11.3 Å². The molecule has 0 radical (unpaired) electrons. The molecule has 8 nitrogen and oxygen atoms in total. The molecule has 3 aromatic carbocycles. The maximum atomic E-state index is 13.3. The third kappa shape index (κ3) is 6.98. The Bertz CT molecular complexity index is 1380. The molecule has 0 aliphatic rings. The molecule has 0 bridgehead atoms. The molecule has 1 heterocycles. The number of amides is 3. The van der Waals surface area contributed by atoms with Gasteiger partial charge in [0.1, 0.15) is 12.6 Å². The van der Waals surface area contributed by atoms with Crippen molar-refractivity contribution in [2.75, 3.05) is 5.32 Å². The van der Waals surface area contributed by atoms with E-state index in [4.69, 9.17) is 4.74 Å². The molecular formula is C29H30N4O4. The van der Waals surface area contributed by atoms with Gasteiger partial charge in [-0.1, -0.05) is 60.7 Å². The number of carbonyl (C=O) groups is 3. The monoisotopic (exact) mass is 498 g/mol. The van der Waals surface area contributed by atoms with Crippen LogP contribution in [0.2, 0.25) is 0 Å². The van der Waals surface area contributed by atoms with Gasteiger partial charge in [-0.25, -0.2) is 4.79 Å². The Hall–Kier alpha value is -4.59. The van der Waals surface area contributed by atoms with E-state index in [1.807, 2.05) is 67.7 Å². The number of ether oxygens (including phenoxy) is 1. The number of anilines is 1. The Morgan fingerprint density at radius 3 is 2.46 bits per heavy atom. The van der Waals surface area contributed by atoms with Crippen LogP contribution in [0.5, 0.6) is 0 Å². The molecule has 0 fully saturated rings. The number of fused-ring (bicyclic) bond motifs is 1. The minimum atomic E-state index is -0.858. The zero-order valence-electron chi connectivity index (χ0n) is 20.8. The number of aromatic nitrogens is 1. The number of H-pyrrole nitrogens is 1. The lowest BCUT2D eigenvalue weighted by atomic mass is 10.0. The molecule has 8 heteroatoms. The second-order valence-electron chi connectivity index (χ2n) is 8.86. The van der Waals surface area contributed by atoms with Gasteiger partial charge in [0, 0.05) is 36.1 Å². The molecular weight excluding hydrogens is 468 g/mol. The Morgan fingerprint density at radius 2 is 1.68 bits per heavy atom. The normalized spacial score (nSPS) is 12.4. The van der Waals surface area contributed by atoms with Crippen LogP contribution in [-0.2, 0) is 27.4 Å². The van der Waals surface area contributed by atoms with Gasteiger partial charge < -0.3 is 25.7 Å². The third-order valence-corrected chi connectivity index (χ3v) is 5.98. The molecule has 4 rings (SSSR count). The van der Waals surface area contributed by atoms with Crippen molar-refractivity contribution in [1.29, 1.82) is 0 Å². The van der Waals surface area contributed by atoms with Gasteiger partial charge in [-0.3, -0.25) is 9.59 Å². The van der Waals surface area contributed by atoms with Gasteiger partial charge >= 0.3 is 6.09 Å².